The molecule has 1 heterocycles. The van der Waals surface area contributed by atoms with Crippen LogP contribution >= 0.6 is 0 Å². The second-order valence-corrected chi connectivity index (χ2v) is 9.88. The standard InChI is InChI=1S/C25H30O4/c1-14(26)11-21(27)15(2)16-6-8-18-17(12-16)7-9-20-19(18)13-23-25(29-23)10-4-5-22(28)24(20,25)3/h4-6,8,12,15,19-21,23,27H,7,9-11,13H2,1-3H3/t15-,19-,20+,21+,23-,24-,25-/m0/s1. The van der Waals surface area contributed by atoms with Crippen LogP contribution in [-0.2, 0) is 20.7 Å². The Hall–Kier alpha value is -1.78. The number of benzene rings is 1. The number of epoxide rings is 1. The number of carbonyl (C=O) groups is 2. The molecule has 3 aliphatic carbocycles. The Morgan fingerprint density at radius 2 is 2.17 bits per heavy atom. The molecule has 4 heteroatoms. The van der Waals surface area contributed by atoms with E-state index in [0.717, 1.165) is 31.2 Å². The van der Waals surface area contributed by atoms with E-state index in [4.69, 9.17) is 4.74 Å². The van der Waals surface area contributed by atoms with Crippen LogP contribution in [0.3, 0.4) is 0 Å². The molecule has 154 valence electrons. The van der Waals surface area contributed by atoms with Crippen LogP contribution in [0.2, 0.25) is 0 Å². The minimum Gasteiger partial charge on any atom is -0.392 e. The fourth-order valence-corrected chi connectivity index (χ4v) is 6.65. The number of hydrogen-bond acceptors (Lipinski definition) is 4. The third kappa shape index (κ3) is 2.58. The van der Waals surface area contributed by atoms with Crippen LogP contribution in [0.15, 0.2) is 30.4 Å². The van der Waals surface area contributed by atoms with E-state index >= 15 is 0 Å². The van der Waals surface area contributed by atoms with Crippen molar-refractivity contribution in [1.82, 2.24) is 0 Å². The molecule has 0 bridgehead atoms. The third-order valence-electron chi connectivity index (χ3n) is 8.48. The van der Waals surface area contributed by atoms with Crippen molar-refractivity contribution in [2.24, 2.45) is 11.3 Å². The van der Waals surface area contributed by atoms with E-state index in [1.807, 2.05) is 13.0 Å². The van der Waals surface area contributed by atoms with Crippen molar-refractivity contribution in [3.05, 3.63) is 47.0 Å². The number of fused-ring (bicyclic) bond motifs is 4. The molecular weight excluding hydrogens is 364 g/mol. The Morgan fingerprint density at radius 3 is 2.93 bits per heavy atom. The van der Waals surface area contributed by atoms with Crippen molar-refractivity contribution in [2.75, 3.05) is 0 Å². The molecule has 0 unspecified atom stereocenters. The lowest BCUT2D eigenvalue weighted by Crippen LogP contribution is -2.56. The molecule has 1 aromatic rings. The van der Waals surface area contributed by atoms with E-state index in [1.165, 1.54) is 18.1 Å². The van der Waals surface area contributed by atoms with E-state index in [9.17, 15) is 14.7 Å². The molecule has 1 N–H and O–H groups in total. The highest BCUT2D eigenvalue weighted by Gasteiger charge is 2.75. The predicted octanol–water partition coefficient (Wildman–Crippen LogP) is 3.85. The summed E-state index contributed by atoms with van der Waals surface area (Å²) in [5.41, 5.74) is 3.10. The van der Waals surface area contributed by atoms with Gasteiger partial charge < -0.3 is 9.84 Å². The number of ketones is 2. The Balaban J connectivity index is 1.46. The van der Waals surface area contributed by atoms with Gasteiger partial charge in [0.25, 0.3) is 0 Å². The van der Waals surface area contributed by atoms with Gasteiger partial charge in [-0.2, -0.15) is 0 Å². The van der Waals surface area contributed by atoms with Gasteiger partial charge in [-0.1, -0.05) is 31.2 Å². The largest absolute Gasteiger partial charge is 0.392 e. The summed E-state index contributed by atoms with van der Waals surface area (Å²) in [5.74, 6) is 0.848. The zero-order chi connectivity index (χ0) is 20.6. The molecule has 29 heavy (non-hydrogen) atoms. The first-order valence-corrected chi connectivity index (χ1v) is 11.0. The number of aliphatic hydroxyl groups excluding tert-OH is 1. The molecule has 5 rings (SSSR count). The highest BCUT2D eigenvalue weighted by molar-refractivity contribution is 5.98. The quantitative estimate of drug-likeness (QED) is 0.788. The van der Waals surface area contributed by atoms with Gasteiger partial charge in [0.15, 0.2) is 5.78 Å². The molecule has 4 aliphatic rings. The maximum absolute atomic E-state index is 13.0. The van der Waals surface area contributed by atoms with Gasteiger partial charge in [0.05, 0.1) is 17.6 Å². The van der Waals surface area contributed by atoms with Crippen molar-refractivity contribution in [2.45, 2.75) is 82.5 Å². The first kappa shape index (κ1) is 19.2. The highest BCUT2D eigenvalue weighted by Crippen LogP contribution is 2.69. The van der Waals surface area contributed by atoms with Crippen LogP contribution in [0.25, 0.3) is 0 Å². The fraction of sp³-hybridized carbons (Fsp3) is 0.600. The van der Waals surface area contributed by atoms with Crippen molar-refractivity contribution in [3.8, 4) is 0 Å². The lowest BCUT2D eigenvalue weighted by molar-refractivity contribution is -0.134. The summed E-state index contributed by atoms with van der Waals surface area (Å²) in [6.45, 7) is 5.66. The van der Waals surface area contributed by atoms with Crippen molar-refractivity contribution >= 4 is 11.6 Å². The number of ether oxygens (including phenoxy) is 1. The maximum Gasteiger partial charge on any atom is 0.164 e. The number of rotatable bonds is 4. The van der Waals surface area contributed by atoms with E-state index in [-0.39, 0.29) is 35.6 Å². The highest BCUT2D eigenvalue weighted by atomic mass is 16.6. The number of aliphatic hydroxyl groups is 1. The average molecular weight is 395 g/mol. The summed E-state index contributed by atoms with van der Waals surface area (Å²) >= 11 is 0. The number of aryl methyl sites for hydroxylation is 1. The van der Waals surface area contributed by atoms with Gasteiger partial charge >= 0.3 is 0 Å². The Bertz CT molecular complexity index is 917. The molecule has 1 saturated heterocycles. The molecule has 1 saturated carbocycles. The number of Topliss-reactive ketones (excluding diaryl/α,β-unsaturated/α-hetero) is 1. The SMILES string of the molecule is CC(=O)C[C@@H](O)[C@@H](C)c1ccc2c(c1)CC[C@@H]1[C@H]2C[C@@H]2O[C@@]23CC=CC(=O)[C@]13C. The zero-order valence-corrected chi connectivity index (χ0v) is 17.5. The van der Waals surface area contributed by atoms with Crippen molar-refractivity contribution in [3.63, 3.8) is 0 Å². The summed E-state index contributed by atoms with van der Waals surface area (Å²) in [4.78, 5) is 24.4. The van der Waals surface area contributed by atoms with Gasteiger partial charge in [-0.25, -0.2) is 0 Å². The average Bonchev–Trinajstić information content (AvgIpc) is 3.39. The van der Waals surface area contributed by atoms with E-state index in [1.54, 1.807) is 6.08 Å². The van der Waals surface area contributed by atoms with Gasteiger partial charge in [-0.15, -0.1) is 0 Å². The molecule has 4 nitrogen and oxygen atoms in total. The number of hydrogen-bond donors (Lipinski definition) is 1. The van der Waals surface area contributed by atoms with Gasteiger partial charge in [0, 0.05) is 12.3 Å². The molecule has 2 fully saturated rings. The summed E-state index contributed by atoms with van der Waals surface area (Å²) in [7, 11) is 0. The second kappa shape index (κ2) is 6.36. The Morgan fingerprint density at radius 1 is 1.38 bits per heavy atom. The van der Waals surface area contributed by atoms with Gasteiger partial charge in [-0.3, -0.25) is 9.59 Å². The minimum atomic E-state index is -0.650. The Kier molecular flexibility index (Phi) is 4.21. The predicted molar refractivity (Wildman–Crippen MR) is 110 cm³/mol. The molecular formula is C25H30O4. The van der Waals surface area contributed by atoms with Crippen LogP contribution < -0.4 is 0 Å². The van der Waals surface area contributed by atoms with Crippen LogP contribution in [-0.4, -0.2) is 34.5 Å². The van der Waals surface area contributed by atoms with E-state index in [2.05, 4.69) is 25.1 Å². The molecule has 0 aromatic heterocycles. The van der Waals surface area contributed by atoms with Gasteiger partial charge in [0.1, 0.15) is 11.4 Å². The molecule has 7 atom stereocenters. The Labute approximate surface area is 172 Å². The van der Waals surface area contributed by atoms with Crippen molar-refractivity contribution in [1.29, 1.82) is 0 Å². The van der Waals surface area contributed by atoms with Crippen LogP contribution in [0.5, 0.6) is 0 Å². The molecule has 0 radical (unpaired) electrons. The smallest absolute Gasteiger partial charge is 0.164 e. The lowest BCUT2D eigenvalue weighted by atomic mass is 9.49. The molecule has 0 amide bonds. The molecule has 1 aliphatic heterocycles. The maximum atomic E-state index is 13.0. The summed E-state index contributed by atoms with van der Waals surface area (Å²) < 4.78 is 6.24. The van der Waals surface area contributed by atoms with Gasteiger partial charge in [-0.05, 0) is 74.1 Å². The van der Waals surface area contributed by atoms with E-state index < -0.39 is 11.5 Å². The number of carbonyl (C=O) groups excluding carboxylic acids is 2. The van der Waals surface area contributed by atoms with Gasteiger partial charge in [0.2, 0.25) is 0 Å². The van der Waals surface area contributed by atoms with Crippen molar-refractivity contribution < 1.29 is 19.4 Å². The van der Waals surface area contributed by atoms with Crippen LogP contribution in [0, 0.1) is 11.3 Å². The molecule has 1 spiro atoms. The number of allylic oxidation sites excluding steroid dienone is 1. The first-order chi connectivity index (χ1) is 13.8. The topological polar surface area (TPSA) is 66.9 Å². The minimum absolute atomic E-state index is 0.0136. The molecule has 1 aromatic carbocycles. The third-order valence-corrected chi connectivity index (χ3v) is 8.48. The summed E-state index contributed by atoms with van der Waals surface area (Å²) in [6.07, 6.45) is 7.32. The van der Waals surface area contributed by atoms with E-state index in [0.29, 0.717) is 11.8 Å². The summed E-state index contributed by atoms with van der Waals surface area (Å²) in [5, 5.41) is 10.4. The fourth-order valence-electron chi connectivity index (χ4n) is 6.65. The summed E-state index contributed by atoms with van der Waals surface area (Å²) in [6, 6.07) is 6.54. The normalized spacial score (nSPS) is 38.9. The monoisotopic (exact) mass is 394 g/mol. The lowest BCUT2D eigenvalue weighted by Gasteiger charge is -2.51. The van der Waals surface area contributed by atoms with Crippen LogP contribution in [0.1, 0.15) is 75.0 Å². The zero-order valence-electron chi connectivity index (χ0n) is 17.5. The first-order valence-electron chi connectivity index (χ1n) is 11.0. The second-order valence-electron chi connectivity index (χ2n) is 9.88. The van der Waals surface area contributed by atoms with Crippen LogP contribution in [0.4, 0.5) is 0 Å².